The number of aromatic amines is 1. The molecule has 0 bridgehead atoms. The van der Waals surface area contributed by atoms with E-state index < -0.39 is 30.5 Å². The summed E-state index contributed by atoms with van der Waals surface area (Å²) in [6.45, 7) is -0.585. The molecule has 17 heteroatoms. The summed E-state index contributed by atoms with van der Waals surface area (Å²) in [7, 11) is 0. The molecule has 0 unspecified atom stereocenters. The van der Waals surface area contributed by atoms with Crippen molar-refractivity contribution in [1.82, 2.24) is 25.2 Å². The number of benzene rings is 4. The van der Waals surface area contributed by atoms with Crippen molar-refractivity contribution < 1.29 is 43.7 Å². The quantitative estimate of drug-likeness (QED) is 0.0329. The summed E-state index contributed by atoms with van der Waals surface area (Å²) in [5, 5.41) is 28.6. The standard InChI is InChI=1S/C44H42N8O9/c45-51-50-30-11-6-27(7-12-30)42(56)46-19-18-32(53)24-60-33-13-8-26(9-14-33)41-48-37-20-28(10-17-39(37)52(41)31-4-2-1-3-5-31)43(57)49-38(44(58)59)21-29-23-47-36-16-15-34(22-35(29)36)61-25-40(54)55/h6-17,20,22-23,31,38,47H,1-5,18-19,21,24-25H2,(H,46,56)(H,49,57)(H,54,55)(H,58,59)/t38-/m0/s1. The van der Waals surface area contributed by atoms with Crippen LogP contribution in [0.4, 0.5) is 5.69 Å². The number of imidazole rings is 1. The second-order valence-electron chi connectivity index (χ2n) is 14.7. The molecular formula is C44H42N8O9. The number of fused-ring (bicyclic) bond motifs is 2. The lowest BCUT2D eigenvalue weighted by molar-refractivity contribution is -0.140. The lowest BCUT2D eigenvalue weighted by Crippen LogP contribution is -2.42. The van der Waals surface area contributed by atoms with Gasteiger partial charge in [-0.25, -0.2) is 14.6 Å². The van der Waals surface area contributed by atoms with Crippen LogP contribution >= 0.6 is 0 Å². The van der Waals surface area contributed by atoms with Crippen molar-refractivity contribution in [2.24, 2.45) is 5.11 Å². The van der Waals surface area contributed by atoms with Gasteiger partial charge in [0, 0.05) is 69.8 Å². The zero-order valence-electron chi connectivity index (χ0n) is 32.9. The lowest BCUT2D eigenvalue weighted by atomic mass is 9.94. The second kappa shape index (κ2) is 18.9. The Balaban J connectivity index is 1.02. The number of carboxylic acid groups (broad SMARTS) is 2. The molecular weight excluding hydrogens is 785 g/mol. The van der Waals surface area contributed by atoms with E-state index in [1.807, 2.05) is 18.2 Å². The predicted octanol–water partition coefficient (Wildman–Crippen LogP) is 7.29. The van der Waals surface area contributed by atoms with Crippen LogP contribution in [0.2, 0.25) is 0 Å². The molecule has 312 valence electrons. The number of ketones is 1. The van der Waals surface area contributed by atoms with Crippen LogP contribution in [0.3, 0.4) is 0 Å². The van der Waals surface area contributed by atoms with Gasteiger partial charge in [-0.2, -0.15) is 0 Å². The number of aliphatic carboxylic acids is 2. The van der Waals surface area contributed by atoms with Gasteiger partial charge in [-0.1, -0.05) is 36.5 Å². The number of Topliss-reactive ketones (excluding diaryl/α,β-unsaturated/α-hetero) is 1. The summed E-state index contributed by atoms with van der Waals surface area (Å²) in [5.41, 5.74) is 13.1. The van der Waals surface area contributed by atoms with Crippen molar-refractivity contribution in [2.75, 3.05) is 19.8 Å². The van der Waals surface area contributed by atoms with Crippen molar-refractivity contribution >= 4 is 57.2 Å². The van der Waals surface area contributed by atoms with Crippen molar-refractivity contribution in [3.63, 3.8) is 0 Å². The molecule has 0 aliphatic heterocycles. The summed E-state index contributed by atoms with van der Waals surface area (Å²) in [4.78, 5) is 72.8. The van der Waals surface area contributed by atoms with Crippen molar-refractivity contribution in [1.29, 1.82) is 0 Å². The first-order valence-electron chi connectivity index (χ1n) is 19.7. The van der Waals surface area contributed by atoms with Gasteiger partial charge >= 0.3 is 11.9 Å². The number of carbonyl (C=O) groups excluding carboxylic acids is 3. The minimum absolute atomic E-state index is 0.0449. The van der Waals surface area contributed by atoms with Crippen molar-refractivity contribution in [2.45, 2.75) is 57.0 Å². The van der Waals surface area contributed by atoms with Crippen molar-refractivity contribution in [3.05, 3.63) is 118 Å². The number of nitrogens with zero attached hydrogens (tertiary/aromatic N) is 5. The maximum atomic E-state index is 13.6. The largest absolute Gasteiger partial charge is 0.486 e. The Bertz CT molecular complexity index is 2640. The maximum Gasteiger partial charge on any atom is 0.341 e. The van der Waals surface area contributed by atoms with Gasteiger partial charge in [0.15, 0.2) is 12.4 Å². The van der Waals surface area contributed by atoms with E-state index in [0.29, 0.717) is 50.6 Å². The van der Waals surface area contributed by atoms with Crippen LogP contribution in [0, 0.1) is 0 Å². The van der Waals surface area contributed by atoms with Crippen molar-refractivity contribution in [3.8, 4) is 22.9 Å². The molecule has 1 atom stereocenters. The highest BCUT2D eigenvalue weighted by Gasteiger charge is 2.26. The fraction of sp³-hybridized carbons (Fsp3) is 0.273. The minimum atomic E-state index is -1.28. The fourth-order valence-electron chi connectivity index (χ4n) is 7.46. The normalized spacial score (nSPS) is 13.2. The van der Waals surface area contributed by atoms with Gasteiger partial charge < -0.3 is 39.9 Å². The Morgan fingerprint density at radius 1 is 0.869 bits per heavy atom. The van der Waals surface area contributed by atoms with E-state index in [1.165, 1.54) is 24.3 Å². The van der Waals surface area contributed by atoms with Gasteiger partial charge in [-0.3, -0.25) is 14.4 Å². The number of ether oxygens (including phenoxy) is 2. The molecule has 7 rings (SSSR count). The average molecular weight is 827 g/mol. The van der Waals surface area contributed by atoms with E-state index in [2.05, 4.69) is 30.2 Å². The first-order valence-corrected chi connectivity index (χ1v) is 19.7. The molecule has 0 saturated heterocycles. The highest BCUT2D eigenvalue weighted by atomic mass is 16.5. The van der Waals surface area contributed by atoms with E-state index in [4.69, 9.17) is 25.1 Å². The summed E-state index contributed by atoms with van der Waals surface area (Å²) < 4.78 is 13.3. The number of hydrogen-bond acceptors (Lipinski definition) is 9. The molecule has 1 fully saturated rings. The molecule has 2 amide bonds. The van der Waals surface area contributed by atoms with Gasteiger partial charge in [-0.05, 0) is 96.7 Å². The van der Waals surface area contributed by atoms with Crippen LogP contribution in [-0.4, -0.2) is 80.1 Å². The summed E-state index contributed by atoms with van der Waals surface area (Å²) in [5.74, 6) is -1.98. The summed E-state index contributed by atoms with van der Waals surface area (Å²) in [6, 6.07) is 22.4. The topological polar surface area (TPSA) is 251 Å². The predicted molar refractivity (Wildman–Crippen MR) is 224 cm³/mol. The van der Waals surface area contributed by atoms with E-state index in [1.54, 1.807) is 48.7 Å². The van der Waals surface area contributed by atoms with Crippen LogP contribution in [-0.2, 0) is 20.8 Å². The lowest BCUT2D eigenvalue weighted by Gasteiger charge is -2.25. The Labute approximate surface area is 348 Å². The summed E-state index contributed by atoms with van der Waals surface area (Å²) in [6.07, 6.45) is 6.91. The molecule has 0 spiro atoms. The molecule has 61 heavy (non-hydrogen) atoms. The molecule has 2 heterocycles. The maximum absolute atomic E-state index is 13.6. The van der Waals surface area contributed by atoms with Gasteiger partial charge in [0.25, 0.3) is 11.8 Å². The van der Waals surface area contributed by atoms with Crippen LogP contribution in [0.15, 0.2) is 96.2 Å². The zero-order chi connectivity index (χ0) is 42.9. The van der Waals surface area contributed by atoms with Crippen LogP contribution < -0.4 is 20.1 Å². The molecule has 0 radical (unpaired) electrons. The Hall–Kier alpha value is -7.65. The number of nitrogens with one attached hydrogen (secondary N) is 3. The molecule has 6 aromatic rings. The Morgan fingerprint density at radius 2 is 1.59 bits per heavy atom. The second-order valence-corrected chi connectivity index (χ2v) is 14.7. The minimum Gasteiger partial charge on any atom is -0.486 e. The summed E-state index contributed by atoms with van der Waals surface area (Å²) >= 11 is 0. The number of carbonyl (C=O) groups is 5. The van der Waals surface area contributed by atoms with E-state index in [-0.39, 0.29) is 49.3 Å². The fourth-order valence-corrected chi connectivity index (χ4v) is 7.46. The highest BCUT2D eigenvalue weighted by Crippen LogP contribution is 2.37. The monoisotopic (exact) mass is 826 g/mol. The molecule has 1 saturated carbocycles. The smallest absolute Gasteiger partial charge is 0.341 e. The van der Waals surface area contributed by atoms with E-state index >= 15 is 0 Å². The van der Waals surface area contributed by atoms with Gasteiger partial charge in [0.1, 0.15) is 30.0 Å². The first-order chi connectivity index (χ1) is 29.6. The molecule has 1 aliphatic carbocycles. The number of aromatic nitrogens is 3. The number of amides is 2. The molecule has 17 nitrogen and oxygen atoms in total. The van der Waals surface area contributed by atoms with Gasteiger partial charge in [0.2, 0.25) is 0 Å². The Morgan fingerprint density at radius 3 is 2.31 bits per heavy atom. The number of carboxylic acids is 2. The average Bonchev–Trinajstić information content (AvgIpc) is 3.86. The molecule has 1 aliphatic rings. The van der Waals surface area contributed by atoms with E-state index in [0.717, 1.165) is 43.2 Å². The van der Waals surface area contributed by atoms with Crippen LogP contribution in [0.25, 0.3) is 43.8 Å². The van der Waals surface area contributed by atoms with Gasteiger partial charge in [0.05, 0.1) is 11.0 Å². The number of hydrogen-bond donors (Lipinski definition) is 5. The van der Waals surface area contributed by atoms with Crippen LogP contribution in [0.5, 0.6) is 11.5 Å². The third-order valence-electron chi connectivity index (χ3n) is 10.5. The number of H-pyrrole nitrogens is 1. The zero-order valence-corrected chi connectivity index (χ0v) is 32.9. The van der Waals surface area contributed by atoms with Gasteiger partial charge in [-0.15, -0.1) is 0 Å². The SMILES string of the molecule is [N-]=[N+]=Nc1ccc(C(=O)NCCC(=O)COc2ccc(-c3nc4cc(C(=O)N[C@@H](Cc5c[nH]c6ccc(OCC(=O)O)cc56)C(=O)O)ccc4n3C3CCCCC3)cc2)cc1. The van der Waals surface area contributed by atoms with Crippen LogP contribution in [0.1, 0.15) is 70.8 Å². The third-order valence-corrected chi connectivity index (χ3v) is 10.5. The highest BCUT2D eigenvalue weighted by molar-refractivity contribution is 6.00. The van der Waals surface area contributed by atoms with E-state index in [9.17, 15) is 29.1 Å². The Kier molecular flexibility index (Phi) is 12.9. The number of rotatable bonds is 18. The molecule has 2 aromatic heterocycles. The molecule has 4 aromatic carbocycles. The third kappa shape index (κ3) is 10.1. The first kappa shape index (κ1) is 41.5. The molecule has 5 N–H and O–H groups in total. The number of azide groups is 1.